The number of aryl methyl sites for hydroxylation is 1. The quantitative estimate of drug-likeness (QED) is 0.163. The highest BCUT2D eigenvalue weighted by Gasteiger charge is 2.30. The first-order chi connectivity index (χ1) is 20.8. The number of carbonyl (C=O) groups excluding carboxylic acids is 1. The largest absolute Gasteiger partial charge is 0.490 e. The molecule has 0 saturated carbocycles. The topological polar surface area (TPSA) is 95.3 Å². The second-order valence-corrected chi connectivity index (χ2v) is 11.1. The Kier molecular flexibility index (Phi) is 7.72. The van der Waals surface area contributed by atoms with Crippen molar-refractivity contribution in [3.05, 3.63) is 77.8 Å². The highest BCUT2D eigenvalue weighted by molar-refractivity contribution is 7.18. The lowest BCUT2D eigenvalue weighted by molar-refractivity contribution is -0.129. The van der Waals surface area contributed by atoms with Gasteiger partial charge in [0.1, 0.15) is 41.2 Å². The fraction of sp³-hybridized carbons (Fsp3) is 0.258. The fourth-order valence-corrected chi connectivity index (χ4v) is 6.22. The van der Waals surface area contributed by atoms with Crippen LogP contribution in [0.25, 0.3) is 43.9 Å². The molecule has 0 radical (unpaired) electrons. The van der Waals surface area contributed by atoms with Crippen molar-refractivity contribution in [1.29, 1.82) is 0 Å². The standard InChI is InChI=1S/C31H28F2N6O3S/c1-5-26(40)38-16-21-12-24(37-39(21)15-17(38)2)30-28(27-23(33)10-20(32)11-25(27)42-8-7-41-4)31-22(6-9-43-31)29(36-30)19-13-34-18(3)35-14-19/h5-6,9-14,17H,1,7-8,15-16H2,2-4H3/t17-/m1/s1. The minimum absolute atomic E-state index is 0.0269. The van der Waals surface area contributed by atoms with E-state index in [1.165, 1.54) is 24.5 Å². The lowest BCUT2D eigenvalue weighted by Crippen LogP contribution is -2.44. The van der Waals surface area contributed by atoms with E-state index in [-0.39, 0.29) is 36.5 Å². The Morgan fingerprint density at radius 1 is 1.16 bits per heavy atom. The molecule has 0 bridgehead atoms. The van der Waals surface area contributed by atoms with Gasteiger partial charge in [-0.05, 0) is 37.4 Å². The molecule has 0 N–H and O–H groups in total. The molecule has 0 unspecified atom stereocenters. The van der Waals surface area contributed by atoms with Crippen molar-refractivity contribution in [3.8, 4) is 39.5 Å². The number of methoxy groups -OCH3 is 1. The van der Waals surface area contributed by atoms with Crippen molar-refractivity contribution in [1.82, 2.24) is 29.6 Å². The van der Waals surface area contributed by atoms with Crippen LogP contribution in [0.3, 0.4) is 0 Å². The summed E-state index contributed by atoms with van der Waals surface area (Å²) in [6.07, 6.45) is 4.69. The highest BCUT2D eigenvalue weighted by atomic mass is 32.1. The predicted octanol–water partition coefficient (Wildman–Crippen LogP) is 5.81. The number of rotatable bonds is 8. The van der Waals surface area contributed by atoms with Crippen LogP contribution < -0.4 is 4.74 Å². The number of thiophene rings is 1. The van der Waals surface area contributed by atoms with E-state index in [4.69, 9.17) is 19.6 Å². The van der Waals surface area contributed by atoms with Crippen LogP contribution >= 0.6 is 11.3 Å². The fourth-order valence-electron chi connectivity index (χ4n) is 5.27. The first kappa shape index (κ1) is 28.6. The third kappa shape index (κ3) is 5.28. The first-order valence-corrected chi connectivity index (χ1v) is 14.5. The Morgan fingerprint density at radius 3 is 2.70 bits per heavy atom. The van der Waals surface area contributed by atoms with Crippen LogP contribution in [0.2, 0.25) is 0 Å². The Hall–Kier alpha value is -4.55. The minimum atomic E-state index is -0.795. The Balaban J connectivity index is 1.62. The molecular formula is C31H28F2N6O3S. The summed E-state index contributed by atoms with van der Waals surface area (Å²) in [5.74, 6) is -1.09. The first-order valence-electron chi connectivity index (χ1n) is 13.6. The van der Waals surface area contributed by atoms with Crippen LogP contribution in [0, 0.1) is 18.6 Å². The summed E-state index contributed by atoms with van der Waals surface area (Å²) in [6, 6.07) is 5.64. The Labute approximate surface area is 250 Å². The maximum atomic E-state index is 15.9. The van der Waals surface area contributed by atoms with Gasteiger partial charge in [-0.15, -0.1) is 11.3 Å². The van der Waals surface area contributed by atoms with E-state index in [1.54, 1.807) is 24.2 Å². The van der Waals surface area contributed by atoms with Crippen molar-refractivity contribution in [3.63, 3.8) is 0 Å². The number of ether oxygens (including phenoxy) is 2. The molecule has 6 rings (SSSR count). The normalized spacial score (nSPS) is 14.6. The Bertz CT molecular complexity index is 1850. The van der Waals surface area contributed by atoms with Gasteiger partial charge in [-0.25, -0.2) is 23.7 Å². The van der Waals surface area contributed by atoms with Crippen LogP contribution in [0.15, 0.2) is 54.7 Å². The van der Waals surface area contributed by atoms with Gasteiger partial charge in [0.05, 0.1) is 36.6 Å². The second-order valence-electron chi connectivity index (χ2n) is 10.2. The van der Waals surface area contributed by atoms with Gasteiger partial charge >= 0.3 is 0 Å². The van der Waals surface area contributed by atoms with Crippen molar-refractivity contribution >= 4 is 27.3 Å². The number of benzene rings is 1. The number of hydrogen-bond donors (Lipinski definition) is 0. The van der Waals surface area contributed by atoms with Crippen molar-refractivity contribution < 1.29 is 23.0 Å². The average molecular weight is 603 g/mol. The van der Waals surface area contributed by atoms with Crippen LogP contribution in [0.1, 0.15) is 18.4 Å². The van der Waals surface area contributed by atoms with Crippen LogP contribution in [-0.2, 0) is 22.6 Å². The monoisotopic (exact) mass is 602 g/mol. The molecule has 0 spiro atoms. The number of hydrogen-bond acceptors (Lipinski definition) is 8. The molecule has 0 fully saturated rings. The molecule has 0 saturated heterocycles. The summed E-state index contributed by atoms with van der Waals surface area (Å²) in [5.41, 5.74) is 3.42. The third-order valence-electron chi connectivity index (χ3n) is 7.34. The number of amides is 1. The number of carbonyl (C=O) groups is 1. The average Bonchev–Trinajstić information content (AvgIpc) is 3.64. The number of nitrogens with zero attached hydrogens (tertiary/aromatic N) is 6. The smallest absolute Gasteiger partial charge is 0.246 e. The zero-order chi connectivity index (χ0) is 30.2. The molecule has 5 heterocycles. The summed E-state index contributed by atoms with van der Waals surface area (Å²) in [4.78, 5) is 28.0. The van der Waals surface area contributed by atoms with Crippen molar-refractivity contribution in [2.45, 2.75) is 33.0 Å². The second kappa shape index (κ2) is 11.6. The number of pyridine rings is 1. The van der Waals surface area contributed by atoms with Gasteiger partial charge in [-0.2, -0.15) is 5.10 Å². The molecule has 43 heavy (non-hydrogen) atoms. The Morgan fingerprint density at radius 2 is 1.95 bits per heavy atom. The van der Waals surface area contributed by atoms with E-state index in [1.807, 2.05) is 29.1 Å². The summed E-state index contributed by atoms with van der Waals surface area (Å²) in [6.45, 7) is 8.47. The molecule has 1 aromatic carbocycles. The highest BCUT2D eigenvalue weighted by Crippen LogP contribution is 2.47. The SMILES string of the molecule is C=CC(=O)N1Cc2cc(-c3nc(-c4cnc(C)nc4)c4ccsc4c3-c3c(F)cc(F)cc3OCCOC)nn2C[C@H]1C. The molecular weight excluding hydrogens is 574 g/mol. The van der Waals surface area contributed by atoms with Crippen LogP contribution in [0.4, 0.5) is 8.78 Å². The molecule has 5 aromatic rings. The molecule has 0 aliphatic carbocycles. The van der Waals surface area contributed by atoms with Gasteiger partial charge in [0.25, 0.3) is 0 Å². The molecule has 1 aliphatic heterocycles. The molecule has 12 heteroatoms. The molecule has 1 aliphatic rings. The summed E-state index contributed by atoms with van der Waals surface area (Å²) >= 11 is 1.40. The van der Waals surface area contributed by atoms with Gasteiger partial charge in [0, 0.05) is 58.9 Å². The van der Waals surface area contributed by atoms with Crippen LogP contribution in [0.5, 0.6) is 5.75 Å². The van der Waals surface area contributed by atoms with E-state index in [9.17, 15) is 9.18 Å². The lowest BCUT2D eigenvalue weighted by Gasteiger charge is -2.33. The maximum Gasteiger partial charge on any atom is 0.246 e. The summed E-state index contributed by atoms with van der Waals surface area (Å²) in [5, 5.41) is 7.52. The van der Waals surface area contributed by atoms with Crippen LogP contribution in [-0.4, -0.2) is 61.9 Å². The molecule has 9 nitrogen and oxygen atoms in total. The molecule has 220 valence electrons. The van der Waals surface area contributed by atoms with E-state index < -0.39 is 11.6 Å². The van der Waals surface area contributed by atoms with Gasteiger partial charge < -0.3 is 14.4 Å². The van der Waals surface area contributed by atoms with Crippen molar-refractivity contribution in [2.24, 2.45) is 0 Å². The minimum Gasteiger partial charge on any atom is -0.490 e. The number of aromatic nitrogens is 5. The summed E-state index contributed by atoms with van der Waals surface area (Å²) < 4.78 is 43.9. The molecule has 1 atom stereocenters. The third-order valence-corrected chi connectivity index (χ3v) is 8.27. The van der Waals surface area contributed by atoms with Gasteiger partial charge in [-0.3, -0.25) is 9.48 Å². The van der Waals surface area contributed by atoms with Gasteiger partial charge in [0.2, 0.25) is 5.91 Å². The van der Waals surface area contributed by atoms with Gasteiger partial charge in [0.15, 0.2) is 0 Å². The maximum absolute atomic E-state index is 15.9. The molecule has 4 aromatic heterocycles. The van der Waals surface area contributed by atoms with Crippen molar-refractivity contribution in [2.75, 3.05) is 20.3 Å². The lowest BCUT2D eigenvalue weighted by atomic mass is 9.97. The number of fused-ring (bicyclic) bond motifs is 2. The van der Waals surface area contributed by atoms with E-state index in [0.717, 1.165) is 23.2 Å². The van der Waals surface area contributed by atoms with E-state index >= 15 is 4.39 Å². The van der Waals surface area contributed by atoms with E-state index in [0.29, 0.717) is 51.8 Å². The summed E-state index contributed by atoms with van der Waals surface area (Å²) in [7, 11) is 1.52. The molecule has 1 amide bonds. The zero-order valence-electron chi connectivity index (χ0n) is 23.8. The van der Waals surface area contributed by atoms with E-state index in [2.05, 4.69) is 16.5 Å². The van der Waals surface area contributed by atoms with Gasteiger partial charge in [-0.1, -0.05) is 6.58 Å². The zero-order valence-corrected chi connectivity index (χ0v) is 24.6. The predicted molar refractivity (Wildman–Crippen MR) is 160 cm³/mol. The number of halogens is 2.